The monoisotopic (exact) mass is 246 g/mol. The van der Waals surface area contributed by atoms with Gasteiger partial charge in [0.15, 0.2) is 5.78 Å². The van der Waals surface area contributed by atoms with Crippen LogP contribution in [0.2, 0.25) is 0 Å². The first kappa shape index (κ1) is 12.8. The van der Waals surface area contributed by atoms with Gasteiger partial charge in [-0.05, 0) is 38.4 Å². The van der Waals surface area contributed by atoms with Crippen LogP contribution in [-0.2, 0) is 4.79 Å². The Hall–Kier alpha value is -1.68. The summed E-state index contributed by atoms with van der Waals surface area (Å²) in [6.45, 7) is 2.41. The number of hydrogen-bond acceptors (Lipinski definition) is 3. The molecule has 18 heavy (non-hydrogen) atoms. The Labute approximate surface area is 107 Å². The molecule has 0 radical (unpaired) electrons. The average molecular weight is 246 g/mol. The van der Waals surface area contributed by atoms with E-state index in [2.05, 4.69) is 10.6 Å². The van der Waals surface area contributed by atoms with Crippen molar-refractivity contribution < 1.29 is 9.59 Å². The Bertz CT molecular complexity index is 451. The summed E-state index contributed by atoms with van der Waals surface area (Å²) < 4.78 is 0. The van der Waals surface area contributed by atoms with E-state index in [1.807, 2.05) is 0 Å². The number of benzene rings is 1. The molecule has 1 amide bonds. The fraction of sp³-hybridized carbons (Fsp3) is 0.429. The molecule has 1 aromatic rings. The SMILES string of the molecule is CC(=O)c1cccc(NC(=O)[C@@H]2CCCCN2)c1. The van der Waals surface area contributed by atoms with Crippen molar-refractivity contribution in [2.45, 2.75) is 32.2 Å². The molecule has 0 bridgehead atoms. The smallest absolute Gasteiger partial charge is 0.241 e. The molecule has 4 heteroatoms. The lowest BCUT2D eigenvalue weighted by molar-refractivity contribution is -0.118. The molecule has 2 N–H and O–H groups in total. The number of anilines is 1. The van der Waals surface area contributed by atoms with Gasteiger partial charge in [-0.15, -0.1) is 0 Å². The summed E-state index contributed by atoms with van der Waals surface area (Å²) in [6.07, 6.45) is 3.08. The topological polar surface area (TPSA) is 58.2 Å². The number of nitrogens with one attached hydrogen (secondary N) is 2. The van der Waals surface area contributed by atoms with Gasteiger partial charge in [-0.25, -0.2) is 0 Å². The normalized spacial score (nSPS) is 19.3. The zero-order valence-corrected chi connectivity index (χ0v) is 10.5. The molecule has 96 valence electrons. The molecule has 0 aromatic heterocycles. The molecule has 0 unspecified atom stereocenters. The third-order valence-corrected chi connectivity index (χ3v) is 3.16. The van der Waals surface area contributed by atoms with E-state index in [1.165, 1.54) is 6.92 Å². The van der Waals surface area contributed by atoms with E-state index in [0.717, 1.165) is 25.8 Å². The molecule has 1 fully saturated rings. The third kappa shape index (κ3) is 3.17. The fourth-order valence-electron chi connectivity index (χ4n) is 2.12. The molecule has 1 aliphatic rings. The number of Topliss-reactive ketones (excluding diaryl/α,β-unsaturated/α-hetero) is 1. The quantitative estimate of drug-likeness (QED) is 0.802. The first-order chi connectivity index (χ1) is 8.66. The summed E-state index contributed by atoms with van der Waals surface area (Å²) in [4.78, 5) is 23.3. The molecule has 2 rings (SSSR count). The van der Waals surface area contributed by atoms with Crippen LogP contribution in [0.1, 0.15) is 36.5 Å². The van der Waals surface area contributed by atoms with Crippen LogP contribution in [0.3, 0.4) is 0 Å². The first-order valence-electron chi connectivity index (χ1n) is 6.32. The lowest BCUT2D eigenvalue weighted by atomic mass is 10.0. The number of rotatable bonds is 3. The summed E-state index contributed by atoms with van der Waals surface area (Å²) in [6, 6.07) is 6.92. The Morgan fingerprint density at radius 3 is 2.83 bits per heavy atom. The molecule has 1 saturated heterocycles. The second kappa shape index (κ2) is 5.78. The minimum Gasteiger partial charge on any atom is -0.325 e. The van der Waals surface area contributed by atoms with Gasteiger partial charge >= 0.3 is 0 Å². The predicted octanol–water partition coefficient (Wildman–Crippen LogP) is 1.97. The van der Waals surface area contributed by atoms with Gasteiger partial charge in [-0.1, -0.05) is 18.6 Å². The minimum atomic E-state index is -0.111. The van der Waals surface area contributed by atoms with Gasteiger partial charge in [0.25, 0.3) is 0 Å². The highest BCUT2D eigenvalue weighted by atomic mass is 16.2. The average Bonchev–Trinajstić information content (AvgIpc) is 2.40. The number of amides is 1. The summed E-state index contributed by atoms with van der Waals surface area (Å²) in [5, 5.41) is 6.05. The van der Waals surface area contributed by atoms with Crippen molar-refractivity contribution in [3.8, 4) is 0 Å². The minimum absolute atomic E-state index is 0.00175. The van der Waals surface area contributed by atoms with Crippen molar-refractivity contribution in [3.63, 3.8) is 0 Å². The largest absolute Gasteiger partial charge is 0.325 e. The van der Waals surface area contributed by atoms with Gasteiger partial charge in [-0.3, -0.25) is 9.59 Å². The highest BCUT2D eigenvalue weighted by Gasteiger charge is 2.20. The molecule has 1 heterocycles. The summed E-state index contributed by atoms with van der Waals surface area (Å²) in [5.74, 6) is -0.0164. The molecule has 0 saturated carbocycles. The van der Waals surface area contributed by atoms with Crippen LogP contribution in [0.15, 0.2) is 24.3 Å². The van der Waals surface area contributed by atoms with Crippen molar-refractivity contribution in [3.05, 3.63) is 29.8 Å². The number of piperidine rings is 1. The lowest BCUT2D eigenvalue weighted by Gasteiger charge is -2.22. The standard InChI is InChI=1S/C14H18N2O2/c1-10(17)11-5-4-6-12(9-11)16-14(18)13-7-2-3-8-15-13/h4-6,9,13,15H,2-3,7-8H2,1H3,(H,16,18)/t13-/m0/s1. The van der Waals surface area contributed by atoms with Crippen molar-refractivity contribution in [2.75, 3.05) is 11.9 Å². The number of carbonyl (C=O) groups is 2. The summed E-state index contributed by atoms with van der Waals surface area (Å²) >= 11 is 0. The molecule has 0 spiro atoms. The number of carbonyl (C=O) groups excluding carboxylic acids is 2. The molecule has 1 atom stereocenters. The lowest BCUT2D eigenvalue weighted by Crippen LogP contribution is -2.43. The highest BCUT2D eigenvalue weighted by molar-refractivity contribution is 5.98. The van der Waals surface area contributed by atoms with Crippen LogP contribution in [-0.4, -0.2) is 24.3 Å². The van der Waals surface area contributed by atoms with E-state index in [4.69, 9.17) is 0 Å². The zero-order valence-electron chi connectivity index (χ0n) is 10.5. The molecule has 0 aliphatic carbocycles. The van der Waals surface area contributed by atoms with Crippen molar-refractivity contribution in [2.24, 2.45) is 0 Å². The Morgan fingerprint density at radius 2 is 2.17 bits per heavy atom. The zero-order chi connectivity index (χ0) is 13.0. The van der Waals surface area contributed by atoms with Gasteiger partial charge in [0.1, 0.15) is 0 Å². The van der Waals surface area contributed by atoms with Gasteiger partial charge in [0, 0.05) is 11.3 Å². The molecule has 4 nitrogen and oxygen atoms in total. The van der Waals surface area contributed by atoms with Gasteiger partial charge in [0.05, 0.1) is 6.04 Å². The van der Waals surface area contributed by atoms with Crippen LogP contribution in [0.25, 0.3) is 0 Å². The van der Waals surface area contributed by atoms with Crippen LogP contribution in [0.5, 0.6) is 0 Å². The van der Waals surface area contributed by atoms with E-state index < -0.39 is 0 Å². The van der Waals surface area contributed by atoms with E-state index in [0.29, 0.717) is 11.3 Å². The predicted molar refractivity (Wildman–Crippen MR) is 70.7 cm³/mol. The van der Waals surface area contributed by atoms with Gasteiger partial charge < -0.3 is 10.6 Å². The maximum atomic E-state index is 12.0. The summed E-state index contributed by atoms with van der Waals surface area (Å²) in [5.41, 5.74) is 1.30. The van der Waals surface area contributed by atoms with E-state index in [-0.39, 0.29) is 17.7 Å². The molecule has 1 aliphatic heterocycles. The third-order valence-electron chi connectivity index (χ3n) is 3.16. The van der Waals surface area contributed by atoms with E-state index >= 15 is 0 Å². The van der Waals surface area contributed by atoms with Crippen molar-refractivity contribution >= 4 is 17.4 Å². The second-order valence-electron chi connectivity index (χ2n) is 4.63. The van der Waals surface area contributed by atoms with E-state index in [9.17, 15) is 9.59 Å². The first-order valence-corrected chi connectivity index (χ1v) is 6.32. The Morgan fingerprint density at radius 1 is 1.33 bits per heavy atom. The second-order valence-corrected chi connectivity index (χ2v) is 4.63. The Kier molecular flexibility index (Phi) is 4.10. The Balaban J connectivity index is 2.02. The number of ketones is 1. The molecular weight excluding hydrogens is 228 g/mol. The van der Waals surface area contributed by atoms with Crippen LogP contribution >= 0.6 is 0 Å². The van der Waals surface area contributed by atoms with Gasteiger partial charge in [-0.2, -0.15) is 0 Å². The highest BCUT2D eigenvalue weighted by Crippen LogP contribution is 2.13. The van der Waals surface area contributed by atoms with Gasteiger partial charge in [0.2, 0.25) is 5.91 Å². The van der Waals surface area contributed by atoms with Crippen molar-refractivity contribution in [1.29, 1.82) is 0 Å². The maximum absolute atomic E-state index is 12.0. The molecular formula is C14H18N2O2. The van der Waals surface area contributed by atoms with Crippen LogP contribution < -0.4 is 10.6 Å². The maximum Gasteiger partial charge on any atom is 0.241 e. The van der Waals surface area contributed by atoms with Crippen LogP contribution in [0.4, 0.5) is 5.69 Å². The van der Waals surface area contributed by atoms with Crippen LogP contribution in [0, 0.1) is 0 Å². The van der Waals surface area contributed by atoms with Crippen molar-refractivity contribution in [1.82, 2.24) is 5.32 Å². The summed E-state index contributed by atoms with van der Waals surface area (Å²) in [7, 11) is 0. The van der Waals surface area contributed by atoms with E-state index in [1.54, 1.807) is 24.3 Å². The fourth-order valence-corrected chi connectivity index (χ4v) is 2.12. The molecule has 1 aromatic carbocycles. The number of hydrogen-bond donors (Lipinski definition) is 2.